The van der Waals surface area contributed by atoms with Crippen LogP contribution in [0, 0.1) is 10.1 Å². The quantitative estimate of drug-likeness (QED) is 0.207. The van der Waals surface area contributed by atoms with Gasteiger partial charge in [-0.15, -0.1) is 0 Å². The van der Waals surface area contributed by atoms with Gasteiger partial charge in [-0.2, -0.15) is 0 Å². The van der Waals surface area contributed by atoms with Gasteiger partial charge in [-0.3, -0.25) is 24.6 Å². The second kappa shape index (κ2) is 8.04. The fourth-order valence-corrected chi connectivity index (χ4v) is 3.78. The molecule has 1 saturated heterocycles. The number of aliphatic hydroxyl groups is 1. The summed E-state index contributed by atoms with van der Waals surface area (Å²) < 4.78 is 0. The first-order valence-electron chi connectivity index (χ1n) is 9.25. The van der Waals surface area contributed by atoms with Gasteiger partial charge in [0.2, 0.25) is 0 Å². The fraction of sp³-hybridized carbons (Fsp3) is 0.0435. The second-order valence-corrected chi connectivity index (χ2v) is 7.30. The normalized spacial score (nSPS) is 17.7. The number of carbonyl (C=O) groups excluding carboxylic acids is 2. The van der Waals surface area contributed by atoms with Gasteiger partial charge < -0.3 is 5.11 Å². The van der Waals surface area contributed by atoms with Crippen molar-refractivity contribution in [3.63, 3.8) is 0 Å². The van der Waals surface area contributed by atoms with Crippen LogP contribution in [0.2, 0.25) is 5.02 Å². The van der Waals surface area contributed by atoms with Crippen molar-refractivity contribution in [2.24, 2.45) is 0 Å². The van der Waals surface area contributed by atoms with Gasteiger partial charge in [-0.1, -0.05) is 60.1 Å². The van der Waals surface area contributed by atoms with Gasteiger partial charge in [0, 0.05) is 28.4 Å². The topological polar surface area (TPSA) is 101 Å². The molecular formula is C23H15ClN2O5. The molecule has 1 aliphatic heterocycles. The largest absolute Gasteiger partial charge is 0.507 e. The molecule has 0 bridgehead atoms. The van der Waals surface area contributed by atoms with Crippen LogP contribution < -0.4 is 4.90 Å². The highest BCUT2D eigenvalue weighted by atomic mass is 35.5. The number of aliphatic hydroxyl groups excluding tert-OH is 1. The van der Waals surface area contributed by atoms with Crippen molar-refractivity contribution in [1.82, 2.24) is 0 Å². The van der Waals surface area contributed by atoms with E-state index in [9.17, 15) is 24.8 Å². The van der Waals surface area contributed by atoms with Gasteiger partial charge in [0.25, 0.3) is 17.4 Å². The third-order valence-electron chi connectivity index (χ3n) is 4.97. The number of non-ortho nitro benzene ring substituents is 1. The number of hydrogen-bond donors (Lipinski definition) is 1. The van der Waals surface area contributed by atoms with Crippen LogP contribution in [0.3, 0.4) is 0 Å². The molecule has 8 heteroatoms. The summed E-state index contributed by atoms with van der Waals surface area (Å²) in [5.74, 6) is -2.12. The Morgan fingerprint density at radius 2 is 1.68 bits per heavy atom. The lowest BCUT2D eigenvalue weighted by molar-refractivity contribution is -0.384. The molecule has 1 fully saturated rings. The molecule has 0 aliphatic carbocycles. The monoisotopic (exact) mass is 434 g/mol. The van der Waals surface area contributed by atoms with Gasteiger partial charge in [0.1, 0.15) is 5.76 Å². The lowest BCUT2D eigenvalue weighted by Crippen LogP contribution is -2.29. The number of hydrogen-bond acceptors (Lipinski definition) is 5. The summed E-state index contributed by atoms with van der Waals surface area (Å²) in [6, 6.07) is 19.2. The Morgan fingerprint density at radius 1 is 0.968 bits per heavy atom. The van der Waals surface area contributed by atoms with Crippen LogP contribution >= 0.6 is 11.6 Å². The number of amides is 1. The number of carbonyl (C=O) groups is 2. The maximum absolute atomic E-state index is 13.0. The number of halogens is 1. The molecule has 1 unspecified atom stereocenters. The van der Waals surface area contributed by atoms with Crippen LogP contribution in [0.4, 0.5) is 11.4 Å². The van der Waals surface area contributed by atoms with Gasteiger partial charge in [0.05, 0.1) is 16.5 Å². The first-order chi connectivity index (χ1) is 14.9. The van der Waals surface area contributed by atoms with Crippen LogP contribution in [0.25, 0.3) is 5.76 Å². The molecule has 1 atom stereocenters. The predicted octanol–water partition coefficient (Wildman–Crippen LogP) is 4.87. The molecule has 1 aliphatic rings. The number of anilines is 1. The predicted molar refractivity (Wildman–Crippen MR) is 116 cm³/mol. The lowest BCUT2D eigenvalue weighted by Gasteiger charge is -2.25. The summed E-state index contributed by atoms with van der Waals surface area (Å²) in [4.78, 5) is 38.0. The van der Waals surface area contributed by atoms with Crippen molar-refractivity contribution in [2.75, 3.05) is 4.90 Å². The second-order valence-electron chi connectivity index (χ2n) is 6.87. The lowest BCUT2D eigenvalue weighted by atomic mass is 9.95. The van der Waals surface area contributed by atoms with Crippen LogP contribution in [0.15, 0.2) is 84.4 Å². The maximum atomic E-state index is 13.0. The Bertz CT molecular complexity index is 1240. The van der Waals surface area contributed by atoms with Crippen LogP contribution in [-0.4, -0.2) is 21.7 Å². The molecular weight excluding hydrogens is 420 g/mol. The summed E-state index contributed by atoms with van der Waals surface area (Å²) in [5, 5.41) is 22.6. The zero-order valence-corrected chi connectivity index (χ0v) is 16.7. The van der Waals surface area contributed by atoms with Gasteiger partial charge in [0.15, 0.2) is 0 Å². The van der Waals surface area contributed by atoms with Crippen molar-refractivity contribution in [2.45, 2.75) is 6.04 Å². The summed E-state index contributed by atoms with van der Waals surface area (Å²) in [6.45, 7) is 0. The number of nitrogens with zero attached hydrogens (tertiary/aromatic N) is 2. The highest BCUT2D eigenvalue weighted by Crippen LogP contribution is 2.43. The van der Waals surface area contributed by atoms with E-state index in [1.807, 2.05) is 0 Å². The van der Waals surface area contributed by atoms with E-state index in [0.717, 1.165) is 0 Å². The zero-order valence-electron chi connectivity index (χ0n) is 15.9. The van der Waals surface area contributed by atoms with E-state index in [2.05, 4.69) is 0 Å². The minimum atomic E-state index is -1.07. The van der Waals surface area contributed by atoms with Crippen molar-refractivity contribution >= 4 is 40.4 Å². The molecule has 1 amide bonds. The smallest absolute Gasteiger partial charge is 0.300 e. The maximum Gasteiger partial charge on any atom is 0.300 e. The number of Topliss-reactive ketones (excluding diaryl/α,β-unsaturated/α-hetero) is 1. The minimum Gasteiger partial charge on any atom is -0.507 e. The molecule has 0 spiro atoms. The third kappa shape index (κ3) is 3.67. The molecule has 4 rings (SSSR count). The average Bonchev–Trinajstić information content (AvgIpc) is 3.04. The van der Waals surface area contributed by atoms with E-state index in [4.69, 9.17) is 11.6 Å². The third-order valence-corrected chi connectivity index (χ3v) is 5.21. The molecule has 1 heterocycles. The molecule has 1 N–H and O–H groups in total. The van der Waals surface area contributed by atoms with E-state index >= 15 is 0 Å². The number of nitro groups is 1. The van der Waals surface area contributed by atoms with Crippen molar-refractivity contribution in [3.05, 3.63) is 111 Å². The van der Waals surface area contributed by atoms with E-state index in [1.54, 1.807) is 54.6 Å². The Kier molecular flexibility index (Phi) is 5.27. The van der Waals surface area contributed by atoms with E-state index in [1.165, 1.54) is 29.2 Å². The average molecular weight is 435 g/mol. The Labute approximate surface area is 182 Å². The fourth-order valence-electron chi connectivity index (χ4n) is 3.60. The van der Waals surface area contributed by atoms with Crippen molar-refractivity contribution in [1.29, 1.82) is 0 Å². The van der Waals surface area contributed by atoms with Crippen LogP contribution in [0.1, 0.15) is 17.2 Å². The molecule has 31 heavy (non-hydrogen) atoms. The highest BCUT2D eigenvalue weighted by molar-refractivity contribution is 6.51. The SMILES string of the molecule is O=C1C(=O)N(c2cccc(Cl)c2)C(c2cccc([N+](=O)[O-])c2)/C1=C(\O)c1ccccc1. The minimum absolute atomic E-state index is 0.156. The molecule has 0 saturated carbocycles. The Hall–Kier alpha value is -3.97. The van der Waals surface area contributed by atoms with E-state index < -0.39 is 22.7 Å². The number of nitro benzene ring substituents is 1. The van der Waals surface area contributed by atoms with Crippen LogP contribution in [-0.2, 0) is 9.59 Å². The van der Waals surface area contributed by atoms with Crippen LogP contribution in [0.5, 0.6) is 0 Å². The summed E-state index contributed by atoms with van der Waals surface area (Å²) in [6.07, 6.45) is 0. The molecule has 154 valence electrons. The van der Waals surface area contributed by atoms with Gasteiger partial charge in [-0.25, -0.2) is 0 Å². The van der Waals surface area contributed by atoms with E-state index in [-0.39, 0.29) is 17.0 Å². The molecule has 0 aromatic heterocycles. The molecule has 3 aromatic rings. The number of ketones is 1. The van der Waals surface area contributed by atoms with E-state index in [0.29, 0.717) is 21.8 Å². The number of benzene rings is 3. The Balaban J connectivity index is 1.98. The van der Waals surface area contributed by atoms with Gasteiger partial charge >= 0.3 is 0 Å². The summed E-state index contributed by atoms with van der Waals surface area (Å²) >= 11 is 6.09. The standard InChI is InChI=1S/C23H15ClN2O5/c24-16-9-5-10-17(13-16)25-20(15-8-4-11-18(12-15)26(30)31)19(22(28)23(25)29)21(27)14-6-2-1-3-7-14/h1-13,20,27H/b21-19+. The molecule has 7 nitrogen and oxygen atoms in total. The zero-order chi connectivity index (χ0) is 22.1. The van der Waals surface area contributed by atoms with Gasteiger partial charge in [-0.05, 0) is 23.8 Å². The molecule has 0 radical (unpaired) electrons. The number of rotatable bonds is 4. The first kappa shape index (κ1) is 20.3. The van der Waals surface area contributed by atoms with Crippen molar-refractivity contribution in [3.8, 4) is 0 Å². The first-order valence-corrected chi connectivity index (χ1v) is 9.62. The highest BCUT2D eigenvalue weighted by Gasteiger charge is 2.47. The summed E-state index contributed by atoms with van der Waals surface area (Å²) in [5.41, 5.74) is 0.636. The summed E-state index contributed by atoms with van der Waals surface area (Å²) in [7, 11) is 0. The molecule has 3 aromatic carbocycles. The van der Waals surface area contributed by atoms with Crippen molar-refractivity contribution < 1.29 is 19.6 Å². The Morgan fingerprint density at radius 3 is 2.35 bits per heavy atom.